The lowest BCUT2D eigenvalue weighted by atomic mass is 10.1. The predicted molar refractivity (Wildman–Crippen MR) is 83.6 cm³/mol. The lowest BCUT2D eigenvalue weighted by Crippen LogP contribution is -2.15. The maximum absolute atomic E-state index is 12.5. The number of para-hydroxylation sites is 1. The van der Waals surface area contributed by atoms with Crippen molar-refractivity contribution >= 4 is 17.4 Å². The van der Waals surface area contributed by atoms with Gasteiger partial charge in [-0.25, -0.2) is 0 Å². The van der Waals surface area contributed by atoms with Crippen molar-refractivity contribution in [3.63, 3.8) is 0 Å². The number of Topliss-reactive ketones (excluding diaryl/α,β-unsaturated/α-hetero) is 1. The Bertz CT molecular complexity index is 841. The Morgan fingerprint density at radius 2 is 1.78 bits per heavy atom. The molecule has 0 aliphatic heterocycles. The summed E-state index contributed by atoms with van der Waals surface area (Å²) in [6.07, 6.45) is 1.42. The molecular weight excluding hydrogens is 294 g/mol. The summed E-state index contributed by atoms with van der Waals surface area (Å²) in [5, 5.41) is 13.8. The Balaban J connectivity index is 1.85. The lowest BCUT2D eigenvalue weighted by molar-refractivity contribution is 0.101. The summed E-state index contributed by atoms with van der Waals surface area (Å²) in [7, 11) is 0. The SMILES string of the molecule is CC(=O)c1ccc(NC(=O)c2ccccc2-n2cnnn2)cc1. The first-order valence-electron chi connectivity index (χ1n) is 6.90. The van der Waals surface area contributed by atoms with E-state index in [-0.39, 0.29) is 11.7 Å². The van der Waals surface area contributed by atoms with Gasteiger partial charge in [0.1, 0.15) is 6.33 Å². The van der Waals surface area contributed by atoms with E-state index in [1.165, 1.54) is 17.9 Å². The third-order valence-corrected chi connectivity index (χ3v) is 3.29. The van der Waals surface area contributed by atoms with Gasteiger partial charge in [0.05, 0.1) is 11.3 Å². The number of anilines is 1. The second kappa shape index (κ2) is 6.18. The quantitative estimate of drug-likeness (QED) is 0.746. The zero-order valence-corrected chi connectivity index (χ0v) is 12.3. The second-order valence-electron chi connectivity index (χ2n) is 4.86. The number of aromatic nitrogens is 4. The maximum Gasteiger partial charge on any atom is 0.257 e. The molecule has 7 heteroatoms. The van der Waals surface area contributed by atoms with E-state index in [0.717, 1.165) is 0 Å². The fraction of sp³-hybridized carbons (Fsp3) is 0.0625. The summed E-state index contributed by atoms with van der Waals surface area (Å²) in [5.74, 6) is -0.307. The monoisotopic (exact) mass is 307 g/mol. The molecule has 1 N–H and O–H groups in total. The number of tetrazole rings is 1. The van der Waals surface area contributed by atoms with Crippen LogP contribution in [0, 0.1) is 0 Å². The summed E-state index contributed by atoms with van der Waals surface area (Å²) in [5.41, 5.74) is 2.22. The largest absolute Gasteiger partial charge is 0.322 e. The topological polar surface area (TPSA) is 89.8 Å². The van der Waals surface area contributed by atoms with E-state index >= 15 is 0 Å². The molecule has 0 aliphatic rings. The van der Waals surface area contributed by atoms with Gasteiger partial charge in [-0.15, -0.1) is 5.10 Å². The molecule has 1 aromatic heterocycles. The van der Waals surface area contributed by atoms with Gasteiger partial charge in [-0.05, 0) is 53.7 Å². The van der Waals surface area contributed by atoms with Gasteiger partial charge in [-0.1, -0.05) is 12.1 Å². The van der Waals surface area contributed by atoms with Crippen LogP contribution < -0.4 is 5.32 Å². The van der Waals surface area contributed by atoms with E-state index in [9.17, 15) is 9.59 Å². The molecule has 3 aromatic rings. The normalized spacial score (nSPS) is 10.3. The number of carbonyl (C=O) groups excluding carboxylic acids is 2. The van der Waals surface area contributed by atoms with Crippen molar-refractivity contribution in [1.82, 2.24) is 20.2 Å². The molecule has 0 radical (unpaired) electrons. The predicted octanol–water partition coefficient (Wildman–Crippen LogP) is 2.12. The van der Waals surface area contributed by atoms with Gasteiger partial charge in [0.15, 0.2) is 5.78 Å². The van der Waals surface area contributed by atoms with E-state index in [1.807, 2.05) is 0 Å². The van der Waals surface area contributed by atoms with Crippen molar-refractivity contribution < 1.29 is 9.59 Å². The van der Waals surface area contributed by atoms with E-state index in [1.54, 1.807) is 48.5 Å². The molecule has 3 rings (SSSR count). The average molecular weight is 307 g/mol. The fourth-order valence-electron chi connectivity index (χ4n) is 2.12. The van der Waals surface area contributed by atoms with Crippen molar-refractivity contribution in [2.24, 2.45) is 0 Å². The van der Waals surface area contributed by atoms with Crippen LogP contribution in [0.25, 0.3) is 5.69 Å². The minimum absolute atomic E-state index is 0.0214. The molecule has 0 aliphatic carbocycles. The molecule has 1 heterocycles. The first-order chi connectivity index (χ1) is 11.1. The van der Waals surface area contributed by atoms with Gasteiger partial charge in [0, 0.05) is 11.3 Å². The highest BCUT2D eigenvalue weighted by atomic mass is 16.1. The van der Waals surface area contributed by atoms with E-state index in [0.29, 0.717) is 22.5 Å². The van der Waals surface area contributed by atoms with E-state index in [2.05, 4.69) is 20.8 Å². The smallest absolute Gasteiger partial charge is 0.257 e. The highest BCUT2D eigenvalue weighted by Crippen LogP contribution is 2.16. The highest BCUT2D eigenvalue weighted by molar-refractivity contribution is 6.07. The molecule has 114 valence electrons. The molecule has 0 bridgehead atoms. The minimum atomic E-state index is -0.285. The molecule has 0 saturated heterocycles. The van der Waals surface area contributed by atoms with Crippen molar-refractivity contribution in [1.29, 1.82) is 0 Å². The Labute approximate surface area is 131 Å². The standard InChI is InChI=1S/C16H13N5O2/c1-11(22)12-6-8-13(9-7-12)18-16(23)14-4-2-3-5-15(14)21-10-17-19-20-21/h2-10H,1H3,(H,18,23). The molecule has 1 amide bonds. The Hall–Kier alpha value is -3.35. The molecule has 7 nitrogen and oxygen atoms in total. The molecule has 0 spiro atoms. The third kappa shape index (κ3) is 3.13. The van der Waals surface area contributed by atoms with Gasteiger partial charge in [0.25, 0.3) is 5.91 Å². The molecule has 0 atom stereocenters. The van der Waals surface area contributed by atoms with Crippen LogP contribution in [0.3, 0.4) is 0 Å². The summed E-state index contributed by atoms with van der Waals surface area (Å²) in [4.78, 5) is 23.8. The number of rotatable bonds is 4. The maximum atomic E-state index is 12.5. The van der Waals surface area contributed by atoms with Crippen LogP contribution in [0.5, 0.6) is 0 Å². The summed E-state index contributed by atoms with van der Waals surface area (Å²) in [6, 6.07) is 13.7. The number of hydrogen-bond acceptors (Lipinski definition) is 5. The Morgan fingerprint density at radius 3 is 2.43 bits per heavy atom. The number of carbonyl (C=O) groups is 2. The fourth-order valence-corrected chi connectivity index (χ4v) is 2.12. The van der Waals surface area contributed by atoms with Gasteiger partial charge >= 0.3 is 0 Å². The van der Waals surface area contributed by atoms with Gasteiger partial charge < -0.3 is 5.32 Å². The van der Waals surface area contributed by atoms with Crippen molar-refractivity contribution in [2.75, 3.05) is 5.32 Å². The highest BCUT2D eigenvalue weighted by Gasteiger charge is 2.13. The Morgan fingerprint density at radius 1 is 1.04 bits per heavy atom. The molecule has 0 fully saturated rings. The van der Waals surface area contributed by atoms with Gasteiger partial charge in [0.2, 0.25) is 0 Å². The van der Waals surface area contributed by atoms with Crippen LogP contribution in [-0.4, -0.2) is 31.9 Å². The first kappa shape index (κ1) is 14.6. The molecule has 0 saturated carbocycles. The summed E-state index contributed by atoms with van der Waals surface area (Å²) in [6.45, 7) is 1.50. The van der Waals surface area contributed by atoms with Crippen LogP contribution in [0.15, 0.2) is 54.9 Å². The third-order valence-electron chi connectivity index (χ3n) is 3.29. The number of ketones is 1. The van der Waals surface area contributed by atoms with Crippen molar-refractivity contribution in [3.05, 3.63) is 66.0 Å². The number of nitrogens with one attached hydrogen (secondary N) is 1. The van der Waals surface area contributed by atoms with E-state index < -0.39 is 0 Å². The van der Waals surface area contributed by atoms with Gasteiger partial charge in [-0.3, -0.25) is 9.59 Å². The molecule has 2 aromatic carbocycles. The van der Waals surface area contributed by atoms with Crippen LogP contribution in [-0.2, 0) is 0 Å². The lowest BCUT2D eigenvalue weighted by Gasteiger charge is -2.09. The molecule has 0 unspecified atom stereocenters. The van der Waals surface area contributed by atoms with Crippen molar-refractivity contribution in [2.45, 2.75) is 6.92 Å². The van der Waals surface area contributed by atoms with Crippen LogP contribution in [0.1, 0.15) is 27.6 Å². The molecule has 23 heavy (non-hydrogen) atoms. The molecular formula is C16H13N5O2. The summed E-state index contributed by atoms with van der Waals surface area (Å²) >= 11 is 0. The first-order valence-corrected chi connectivity index (χ1v) is 6.90. The number of nitrogens with zero attached hydrogens (tertiary/aromatic N) is 4. The van der Waals surface area contributed by atoms with Crippen LogP contribution in [0.2, 0.25) is 0 Å². The summed E-state index contributed by atoms with van der Waals surface area (Å²) < 4.78 is 1.42. The van der Waals surface area contributed by atoms with Crippen LogP contribution >= 0.6 is 0 Å². The Kier molecular flexibility index (Phi) is 3.92. The zero-order chi connectivity index (χ0) is 16.2. The second-order valence-corrected chi connectivity index (χ2v) is 4.86. The average Bonchev–Trinajstić information content (AvgIpc) is 3.09. The van der Waals surface area contributed by atoms with Crippen molar-refractivity contribution in [3.8, 4) is 5.69 Å². The minimum Gasteiger partial charge on any atom is -0.322 e. The number of benzene rings is 2. The zero-order valence-electron chi connectivity index (χ0n) is 12.3. The number of amides is 1. The number of hydrogen-bond donors (Lipinski definition) is 1. The van der Waals surface area contributed by atoms with Crippen LogP contribution in [0.4, 0.5) is 5.69 Å². The van der Waals surface area contributed by atoms with Gasteiger partial charge in [-0.2, -0.15) is 4.68 Å². The van der Waals surface area contributed by atoms with E-state index in [4.69, 9.17) is 0 Å².